The number of rotatable bonds is 4. The Bertz CT molecular complexity index is 1450. The number of allylic oxidation sites excluding steroid dienone is 1. The number of aromatic nitrogens is 4. The lowest BCUT2D eigenvalue weighted by Crippen LogP contribution is -2.11. The smallest absolute Gasteiger partial charge is 0.331 e. The second kappa shape index (κ2) is 7.34. The minimum atomic E-state index is -0.275. The third-order valence-corrected chi connectivity index (χ3v) is 5.41. The molecule has 0 spiro atoms. The van der Waals surface area contributed by atoms with Gasteiger partial charge in [-0.2, -0.15) is 0 Å². The third kappa shape index (κ3) is 3.10. The molecule has 9 heteroatoms. The van der Waals surface area contributed by atoms with Crippen molar-refractivity contribution < 1.29 is 18.4 Å². The van der Waals surface area contributed by atoms with Gasteiger partial charge in [-0.1, -0.05) is 46.6 Å². The molecular weight excluding hydrogens is 422 g/mol. The van der Waals surface area contributed by atoms with Crippen molar-refractivity contribution in [1.29, 1.82) is 0 Å². The van der Waals surface area contributed by atoms with Gasteiger partial charge >= 0.3 is 12.0 Å². The predicted molar refractivity (Wildman–Crippen MR) is 117 cm³/mol. The molecular formula is C24H13N5O4. The van der Waals surface area contributed by atoms with Crippen molar-refractivity contribution in [3.05, 3.63) is 95.7 Å². The molecule has 9 nitrogen and oxygen atoms in total. The number of hydrogen-bond acceptors (Lipinski definition) is 9. The fraction of sp³-hybridized carbons (Fsp3) is 0. The van der Waals surface area contributed by atoms with Crippen LogP contribution in [0.1, 0.15) is 26.3 Å². The number of anilines is 3. The highest BCUT2D eigenvalue weighted by molar-refractivity contribution is 6.42. The minimum Gasteiger partial charge on any atom is -0.410 e. The first kappa shape index (κ1) is 18.8. The average molecular weight is 435 g/mol. The molecule has 0 fully saturated rings. The van der Waals surface area contributed by atoms with Crippen LogP contribution in [-0.2, 0) is 0 Å². The van der Waals surface area contributed by atoms with Gasteiger partial charge in [0.25, 0.3) is 0 Å². The van der Waals surface area contributed by atoms with Crippen LogP contribution in [0.15, 0.2) is 87.9 Å². The second-order valence-electron chi connectivity index (χ2n) is 7.33. The van der Waals surface area contributed by atoms with Crippen molar-refractivity contribution in [3.8, 4) is 0 Å². The van der Waals surface area contributed by atoms with Crippen LogP contribution in [0.4, 0.5) is 17.7 Å². The lowest BCUT2D eigenvalue weighted by molar-refractivity contribution is 0.0990. The molecule has 2 heterocycles. The first-order valence-electron chi connectivity index (χ1n) is 9.95. The van der Waals surface area contributed by atoms with E-state index < -0.39 is 0 Å². The van der Waals surface area contributed by atoms with Gasteiger partial charge in [-0.25, -0.2) is 4.90 Å². The number of carbonyl (C=O) groups excluding carboxylic acids is 2. The zero-order valence-electron chi connectivity index (χ0n) is 16.9. The molecule has 5 aromatic rings. The van der Waals surface area contributed by atoms with E-state index in [9.17, 15) is 9.59 Å². The molecule has 6 rings (SSSR count). The van der Waals surface area contributed by atoms with E-state index in [1.54, 1.807) is 42.5 Å². The van der Waals surface area contributed by atoms with Gasteiger partial charge in [-0.05, 0) is 46.7 Å². The number of fused-ring (bicyclic) bond motifs is 2. The first-order chi connectivity index (χ1) is 16.2. The Labute approximate surface area is 186 Å². The van der Waals surface area contributed by atoms with Gasteiger partial charge in [0.05, 0.1) is 11.3 Å². The number of ketones is 2. The highest BCUT2D eigenvalue weighted by Crippen LogP contribution is 2.34. The molecule has 1 aliphatic rings. The zero-order chi connectivity index (χ0) is 22.4. The molecule has 1 aliphatic carbocycles. The average Bonchev–Trinajstić information content (AvgIpc) is 3.60. The van der Waals surface area contributed by atoms with E-state index in [0.29, 0.717) is 22.4 Å². The third-order valence-electron chi connectivity index (χ3n) is 5.41. The summed E-state index contributed by atoms with van der Waals surface area (Å²) in [5.41, 5.74) is 2.30. The summed E-state index contributed by atoms with van der Waals surface area (Å²) in [6.45, 7) is 0. The Morgan fingerprint density at radius 3 is 1.76 bits per heavy atom. The van der Waals surface area contributed by atoms with Crippen molar-refractivity contribution in [2.75, 3.05) is 4.90 Å². The number of carbonyl (C=O) groups is 2. The van der Waals surface area contributed by atoms with E-state index in [0.717, 1.165) is 10.8 Å². The van der Waals surface area contributed by atoms with Gasteiger partial charge in [0.1, 0.15) is 0 Å². The topological polar surface area (TPSA) is 115 Å². The number of nitrogens with zero attached hydrogens (tertiary/aromatic N) is 5. The van der Waals surface area contributed by atoms with Crippen molar-refractivity contribution in [3.63, 3.8) is 0 Å². The summed E-state index contributed by atoms with van der Waals surface area (Å²) in [4.78, 5) is 27.5. The summed E-state index contributed by atoms with van der Waals surface area (Å²) in [6.07, 6.45) is 3.98. The maximum atomic E-state index is 13.0. The normalized spacial score (nSPS) is 12.9. The lowest BCUT2D eigenvalue weighted by atomic mass is 10.0. The molecule has 0 unspecified atom stereocenters. The van der Waals surface area contributed by atoms with Crippen molar-refractivity contribution >= 4 is 46.1 Å². The van der Waals surface area contributed by atoms with Crippen LogP contribution in [0.2, 0.25) is 0 Å². The van der Waals surface area contributed by atoms with Crippen molar-refractivity contribution in [2.24, 2.45) is 0 Å². The van der Waals surface area contributed by atoms with E-state index in [1.165, 1.54) is 17.7 Å². The summed E-state index contributed by atoms with van der Waals surface area (Å²) in [6, 6.07) is 18.5. The van der Waals surface area contributed by atoms with Gasteiger partial charge in [0.2, 0.25) is 12.8 Å². The second-order valence-corrected chi connectivity index (χ2v) is 7.33. The summed E-state index contributed by atoms with van der Waals surface area (Å²) >= 11 is 0. The lowest BCUT2D eigenvalue weighted by Gasteiger charge is -2.15. The van der Waals surface area contributed by atoms with Crippen molar-refractivity contribution in [1.82, 2.24) is 20.4 Å². The van der Waals surface area contributed by atoms with Gasteiger partial charge in [0.15, 0.2) is 11.6 Å². The maximum absolute atomic E-state index is 13.0. The summed E-state index contributed by atoms with van der Waals surface area (Å²) in [7, 11) is 0. The predicted octanol–water partition coefficient (Wildman–Crippen LogP) is 4.54. The Hall–Kier alpha value is -4.92. The van der Waals surface area contributed by atoms with E-state index in [1.807, 2.05) is 24.3 Å². The molecule has 0 saturated heterocycles. The zero-order valence-corrected chi connectivity index (χ0v) is 16.9. The molecule has 0 bridgehead atoms. The molecule has 0 aliphatic heterocycles. The van der Waals surface area contributed by atoms with Crippen LogP contribution >= 0.6 is 0 Å². The van der Waals surface area contributed by atoms with Crippen LogP contribution in [0.25, 0.3) is 16.8 Å². The van der Waals surface area contributed by atoms with E-state index >= 15 is 0 Å². The highest BCUT2D eigenvalue weighted by atomic mass is 16.4. The number of benzene rings is 3. The van der Waals surface area contributed by atoms with Crippen LogP contribution in [-0.4, -0.2) is 32.0 Å². The van der Waals surface area contributed by atoms with Gasteiger partial charge in [-0.3, -0.25) is 9.59 Å². The fourth-order valence-corrected chi connectivity index (χ4v) is 3.86. The first-order valence-corrected chi connectivity index (χ1v) is 9.95. The van der Waals surface area contributed by atoms with Crippen LogP contribution in [0, 0.1) is 0 Å². The molecule has 158 valence electrons. The highest BCUT2D eigenvalue weighted by Gasteiger charge is 2.33. The number of hydrogen-bond donors (Lipinski definition) is 0. The van der Waals surface area contributed by atoms with E-state index in [4.69, 9.17) is 8.83 Å². The molecule has 0 atom stereocenters. The van der Waals surface area contributed by atoms with Gasteiger partial charge in [0, 0.05) is 11.1 Å². The SMILES string of the molecule is O=C1C(=Cc2ccc(N(c3nnco3)c3nnco3)cc2)C(=O)c2cc3ccccc3cc21. The van der Waals surface area contributed by atoms with Crippen molar-refractivity contribution in [2.45, 2.75) is 0 Å². The Kier molecular flexibility index (Phi) is 4.19. The standard InChI is InChI=1S/C24H13N5O4/c30-21-18-10-15-3-1-2-4-16(15)11-19(18)22(31)20(21)9-14-5-7-17(8-6-14)29(23-27-25-12-32-23)24-28-26-13-33-24/h1-13H. The molecule has 0 radical (unpaired) electrons. The molecule has 0 amide bonds. The van der Waals surface area contributed by atoms with Gasteiger partial charge < -0.3 is 8.83 Å². The molecule has 3 aromatic carbocycles. The fourth-order valence-electron chi connectivity index (χ4n) is 3.86. The summed E-state index contributed by atoms with van der Waals surface area (Å²) in [5, 5.41) is 17.0. The summed E-state index contributed by atoms with van der Waals surface area (Å²) < 4.78 is 10.6. The molecule has 33 heavy (non-hydrogen) atoms. The quantitative estimate of drug-likeness (QED) is 0.296. The Morgan fingerprint density at radius 1 is 0.727 bits per heavy atom. The molecule has 2 aromatic heterocycles. The van der Waals surface area contributed by atoms with E-state index in [-0.39, 0.29) is 29.2 Å². The van der Waals surface area contributed by atoms with E-state index in [2.05, 4.69) is 20.4 Å². The summed E-state index contributed by atoms with van der Waals surface area (Å²) in [5.74, 6) is -0.550. The maximum Gasteiger partial charge on any atom is 0.331 e. The number of Topliss-reactive ketones (excluding diaryl/α,β-unsaturated/α-hetero) is 2. The van der Waals surface area contributed by atoms with Crippen LogP contribution < -0.4 is 4.90 Å². The molecule has 0 saturated carbocycles. The van der Waals surface area contributed by atoms with Crippen LogP contribution in [0.5, 0.6) is 0 Å². The minimum absolute atomic E-state index is 0.138. The Balaban J connectivity index is 1.35. The molecule has 0 N–H and O–H groups in total. The van der Waals surface area contributed by atoms with Crippen LogP contribution in [0.3, 0.4) is 0 Å². The Morgan fingerprint density at radius 2 is 1.27 bits per heavy atom. The largest absolute Gasteiger partial charge is 0.410 e. The van der Waals surface area contributed by atoms with Gasteiger partial charge in [-0.15, -0.1) is 10.2 Å². The monoisotopic (exact) mass is 435 g/mol.